The van der Waals surface area contributed by atoms with Crippen molar-refractivity contribution in [2.75, 3.05) is 5.32 Å². The Labute approximate surface area is 115 Å². The third kappa shape index (κ3) is 2.88. The van der Waals surface area contributed by atoms with Crippen LogP contribution in [0.4, 0.5) is 5.69 Å². The Hall–Kier alpha value is -2.01. The molecule has 5 nitrogen and oxygen atoms in total. The standard InChI is InChI=1S/C13H14ClN3O2/c1-7-10(8(2)19-17-7)6-16-12-5-9(13(15)18)3-4-11(12)14/h3-5,16H,6H2,1-2H3,(H2,15,18). The number of nitrogens with one attached hydrogen (secondary N) is 1. The third-order valence-corrected chi connectivity index (χ3v) is 3.22. The van der Waals surface area contributed by atoms with Gasteiger partial charge in [0.15, 0.2) is 0 Å². The van der Waals surface area contributed by atoms with Crippen LogP contribution in [0.3, 0.4) is 0 Å². The maximum absolute atomic E-state index is 11.1. The number of nitrogens with zero attached hydrogens (tertiary/aromatic N) is 1. The Bertz CT molecular complexity index is 603. The minimum Gasteiger partial charge on any atom is -0.380 e. The van der Waals surface area contributed by atoms with Crippen LogP contribution in [0, 0.1) is 13.8 Å². The van der Waals surface area contributed by atoms with E-state index in [1.165, 1.54) is 0 Å². The van der Waals surface area contributed by atoms with E-state index in [4.69, 9.17) is 21.9 Å². The maximum Gasteiger partial charge on any atom is 0.248 e. The SMILES string of the molecule is Cc1noc(C)c1CNc1cc(C(N)=O)ccc1Cl. The molecule has 6 heteroatoms. The summed E-state index contributed by atoms with van der Waals surface area (Å²) in [5.41, 5.74) is 8.09. The van der Waals surface area contributed by atoms with Crippen molar-refractivity contribution in [1.82, 2.24) is 5.16 Å². The monoisotopic (exact) mass is 279 g/mol. The molecule has 0 unspecified atom stereocenters. The summed E-state index contributed by atoms with van der Waals surface area (Å²) in [6, 6.07) is 4.85. The number of anilines is 1. The molecule has 0 saturated heterocycles. The Kier molecular flexibility index (Phi) is 3.76. The van der Waals surface area contributed by atoms with Gasteiger partial charge in [-0.3, -0.25) is 4.79 Å². The van der Waals surface area contributed by atoms with E-state index >= 15 is 0 Å². The summed E-state index contributed by atoms with van der Waals surface area (Å²) >= 11 is 6.07. The average Bonchev–Trinajstić information content (AvgIpc) is 2.68. The van der Waals surface area contributed by atoms with Crippen LogP contribution in [-0.2, 0) is 6.54 Å². The molecule has 1 amide bonds. The number of amides is 1. The molecule has 1 aromatic carbocycles. The topological polar surface area (TPSA) is 81.2 Å². The van der Waals surface area contributed by atoms with Gasteiger partial charge in [0.25, 0.3) is 0 Å². The zero-order valence-electron chi connectivity index (χ0n) is 10.7. The summed E-state index contributed by atoms with van der Waals surface area (Å²) in [5, 5.41) is 7.55. The molecule has 0 atom stereocenters. The maximum atomic E-state index is 11.1. The largest absolute Gasteiger partial charge is 0.380 e. The van der Waals surface area contributed by atoms with Crippen LogP contribution < -0.4 is 11.1 Å². The van der Waals surface area contributed by atoms with Gasteiger partial charge in [0, 0.05) is 17.7 Å². The van der Waals surface area contributed by atoms with Crippen molar-refractivity contribution in [3.8, 4) is 0 Å². The molecule has 0 spiro atoms. The summed E-state index contributed by atoms with van der Waals surface area (Å²) in [5.74, 6) is 0.268. The number of aryl methyl sites for hydroxylation is 2. The Morgan fingerprint density at radius 1 is 1.47 bits per heavy atom. The zero-order valence-corrected chi connectivity index (χ0v) is 11.4. The molecule has 0 fully saturated rings. The first-order valence-corrected chi connectivity index (χ1v) is 6.12. The summed E-state index contributed by atoms with van der Waals surface area (Å²) in [4.78, 5) is 11.1. The number of hydrogen-bond donors (Lipinski definition) is 2. The number of aromatic nitrogens is 1. The fourth-order valence-electron chi connectivity index (χ4n) is 1.75. The molecule has 1 heterocycles. The van der Waals surface area contributed by atoms with Crippen molar-refractivity contribution < 1.29 is 9.32 Å². The lowest BCUT2D eigenvalue weighted by Gasteiger charge is -2.09. The molecule has 2 aromatic rings. The van der Waals surface area contributed by atoms with Gasteiger partial charge in [0.1, 0.15) is 5.76 Å². The van der Waals surface area contributed by atoms with Crippen LogP contribution in [0.15, 0.2) is 22.7 Å². The van der Waals surface area contributed by atoms with Crippen molar-refractivity contribution in [1.29, 1.82) is 0 Å². The van der Waals surface area contributed by atoms with Gasteiger partial charge >= 0.3 is 0 Å². The highest BCUT2D eigenvalue weighted by molar-refractivity contribution is 6.33. The predicted octanol–water partition coefficient (Wildman–Crippen LogP) is 2.66. The van der Waals surface area contributed by atoms with Gasteiger partial charge in [0.05, 0.1) is 16.4 Å². The number of nitrogens with two attached hydrogens (primary N) is 1. The molecule has 0 radical (unpaired) electrons. The molecule has 0 bridgehead atoms. The lowest BCUT2D eigenvalue weighted by atomic mass is 10.1. The van der Waals surface area contributed by atoms with E-state index < -0.39 is 5.91 Å². The van der Waals surface area contributed by atoms with Crippen LogP contribution in [-0.4, -0.2) is 11.1 Å². The molecule has 0 aliphatic rings. The minimum atomic E-state index is -0.489. The van der Waals surface area contributed by atoms with Gasteiger partial charge in [-0.2, -0.15) is 0 Å². The third-order valence-electron chi connectivity index (χ3n) is 2.89. The van der Waals surface area contributed by atoms with Crippen LogP contribution >= 0.6 is 11.6 Å². The minimum absolute atomic E-state index is 0.408. The lowest BCUT2D eigenvalue weighted by molar-refractivity contribution is 0.100. The van der Waals surface area contributed by atoms with E-state index in [-0.39, 0.29) is 0 Å². The summed E-state index contributed by atoms with van der Waals surface area (Å²) < 4.78 is 5.08. The Morgan fingerprint density at radius 2 is 2.21 bits per heavy atom. The summed E-state index contributed by atoms with van der Waals surface area (Å²) in [6.45, 7) is 4.23. The van der Waals surface area contributed by atoms with Crippen LogP contribution in [0.1, 0.15) is 27.4 Å². The fraction of sp³-hybridized carbons (Fsp3) is 0.231. The van der Waals surface area contributed by atoms with E-state index in [0.29, 0.717) is 22.8 Å². The van der Waals surface area contributed by atoms with Gasteiger partial charge in [-0.05, 0) is 32.0 Å². The van der Waals surface area contributed by atoms with E-state index in [9.17, 15) is 4.79 Å². The first-order valence-electron chi connectivity index (χ1n) is 5.74. The second kappa shape index (κ2) is 5.32. The van der Waals surface area contributed by atoms with Crippen LogP contribution in [0.5, 0.6) is 0 Å². The highest BCUT2D eigenvalue weighted by Gasteiger charge is 2.10. The van der Waals surface area contributed by atoms with E-state index in [0.717, 1.165) is 17.0 Å². The predicted molar refractivity (Wildman–Crippen MR) is 73.3 cm³/mol. The quantitative estimate of drug-likeness (QED) is 0.901. The zero-order chi connectivity index (χ0) is 14.0. The first-order chi connectivity index (χ1) is 8.99. The van der Waals surface area contributed by atoms with Crippen molar-refractivity contribution >= 4 is 23.2 Å². The van der Waals surface area contributed by atoms with Gasteiger partial charge < -0.3 is 15.6 Å². The normalized spacial score (nSPS) is 10.5. The lowest BCUT2D eigenvalue weighted by Crippen LogP contribution is -2.11. The Balaban J connectivity index is 2.20. The molecule has 19 heavy (non-hydrogen) atoms. The van der Waals surface area contributed by atoms with Gasteiger partial charge in [-0.1, -0.05) is 16.8 Å². The van der Waals surface area contributed by atoms with E-state index in [1.54, 1.807) is 18.2 Å². The fourth-order valence-corrected chi connectivity index (χ4v) is 1.94. The molecular weight excluding hydrogens is 266 g/mol. The summed E-state index contributed by atoms with van der Waals surface area (Å²) in [6.07, 6.45) is 0. The molecule has 0 aliphatic heterocycles. The first kappa shape index (κ1) is 13.4. The number of halogens is 1. The number of primary amides is 1. The number of rotatable bonds is 4. The number of carbonyl (C=O) groups is 1. The number of hydrogen-bond acceptors (Lipinski definition) is 4. The van der Waals surface area contributed by atoms with Crippen molar-refractivity contribution in [3.05, 3.63) is 45.8 Å². The molecular formula is C13H14ClN3O2. The number of benzene rings is 1. The summed E-state index contributed by atoms with van der Waals surface area (Å²) in [7, 11) is 0. The highest BCUT2D eigenvalue weighted by Crippen LogP contribution is 2.24. The Morgan fingerprint density at radius 3 is 2.79 bits per heavy atom. The van der Waals surface area contributed by atoms with E-state index in [1.807, 2.05) is 13.8 Å². The second-order valence-corrected chi connectivity index (χ2v) is 4.62. The van der Waals surface area contributed by atoms with Crippen molar-refractivity contribution in [3.63, 3.8) is 0 Å². The molecule has 1 aromatic heterocycles. The van der Waals surface area contributed by atoms with Crippen molar-refractivity contribution in [2.24, 2.45) is 5.73 Å². The van der Waals surface area contributed by atoms with E-state index in [2.05, 4.69) is 10.5 Å². The van der Waals surface area contributed by atoms with Crippen LogP contribution in [0.25, 0.3) is 0 Å². The molecule has 2 rings (SSSR count). The highest BCUT2D eigenvalue weighted by atomic mass is 35.5. The second-order valence-electron chi connectivity index (χ2n) is 4.22. The molecule has 3 N–H and O–H groups in total. The number of carbonyl (C=O) groups excluding carboxylic acids is 1. The van der Waals surface area contributed by atoms with Crippen LogP contribution in [0.2, 0.25) is 5.02 Å². The average molecular weight is 280 g/mol. The molecule has 0 saturated carbocycles. The van der Waals surface area contributed by atoms with Gasteiger partial charge in [-0.25, -0.2) is 0 Å². The van der Waals surface area contributed by atoms with Gasteiger partial charge in [0.2, 0.25) is 5.91 Å². The van der Waals surface area contributed by atoms with Crippen molar-refractivity contribution in [2.45, 2.75) is 20.4 Å². The molecule has 0 aliphatic carbocycles. The van der Waals surface area contributed by atoms with Gasteiger partial charge in [-0.15, -0.1) is 0 Å². The molecule has 100 valence electrons. The smallest absolute Gasteiger partial charge is 0.248 e.